The van der Waals surface area contributed by atoms with E-state index in [2.05, 4.69) is 37.6 Å². The topological polar surface area (TPSA) is 86.7 Å². The molecule has 152 valence electrons. The van der Waals surface area contributed by atoms with Crippen molar-refractivity contribution in [2.24, 2.45) is 4.99 Å². The van der Waals surface area contributed by atoms with Gasteiger partial charge in [0.05, 0.1) is 5.75 Å². The minimum absolute atomic E-state index is 0.0227. The molecule has 7 nitrogen and oxygen atoms in total. The van der Waals surface area contributed by atoms with E-state index < -0.39 is 9.84 Å². The largest absolute Gasteiger partial charge is 0.357 e. The number of anilines is 1. The summed E-state index contributed by atoms with van der Waals surface area (Å²) < 4.78 is 22.6. The van der Waals surface area contributed by atoms with Gasteiger partial charge in [-0.2, -0.15) is 0 Å². The lowest BCUT2D eigenvalue weighted by Gasteiger charge is -2.21. The van der Waals surface area contributed by atoms with Crippen LogP contribution in [-0.4, -0.2) is 57.5 Å². The number of hydrogen-bond acceptors (Lipinski definition) is 5. The van der Waals surface area contributed by atoms with Crippen LogP contribution >= 0.6 is 0 Å². The van der Waals surface area contributed by atoms with Crippen molar-refractivity contribution in [1.82, 2.24) is 15.6 Å². The molecule has 1 atom stereocenters. The van der Waals surface area contributed by atoms with Gasteiger partial charge in [-0.15, -0.1) is 0 Å². The van der Waals surface area contributed by atoms with Crippen LogP contribution in [0.2, 0.25) is 0 Å². The summed E-state index contributed by atoms with van der Waals surface area (Å²) in [5, 5.41) is 6.48. The Morgan fingerprint density at radius 3 is 2.52 bits per heavy atom. The van der Waals surface area contributed by atoms with E-state index in [1.807, 2.05) is 13.1 Å². The number of sulfone groups is 1. The highest BCUT2D eigenvalue weighted by atomic mass is 32.2. The minimum atomic E-state index is -2.95. The monoisotopic (exact) mass is 395 g/mol. The molecular weight excluding hydrogens is 362 g/mol. The van der Waals surface area contributed by atoms with Gasteiger partial charge in [-0.25, -0.2) is 13.4 Å². The molecular formula is C19H33N5O2S. The molecule has 0 bridgehead atoms. The Morgan fingerprint density at radius 2 is 1.96 bits per heavy atom. The molecule has 1 aliphatic rings. The second kappa shape index (κ2) is 10.5. The number of aliphatic imine (C=N–C) groups is 1. The quantitative estimate of drug-likeness (QED) is 0.542. The first-order valence-electron chi connectivity index (χ1n) is 9.72. The van der Waals surface area contributed by atoms with Crippen LogP contribution in [0, 0.1) is 0 Å². The van der Waals surface area contributed by atoms with E-state index in [9.17, 15) is 8.42 Å². The zero-order valence-corrected chi connectivity index (χ0v) is 17.6. The molecule has 2 heterocycles. The fourth-order valence-corrected chi connectivity index (χ4v) is 3.87. The molecule has 0 amide bonds. The second-order valence-corrected chi connectivity index (χ2v) is 9.58. The van der Waals surface area contributed by atoms with Gasteiger partial charge in [0.2, 0.25) is 0 Å². The normalized spacial score (nSPS) is 17.3. The summed E-state index contributed by atoms with van der Waals surface area (Å²) in [4.78, 5) is 11.2. The third-order valence-corrected chi connectivity index (χ3v) is 5.70. The van der Waals surface area contributed by atoms with Crippen LogP contribution in [-0.2, 0) is 16.4 Å². The Kier molecular flexibility index (Phi) is 8.34. The minimum Gasteiger partial charge on any atom is -0.357 e. The Bertz CT molecular complexity index is 695. The predicted molar refractivity (Wildman–Crippen MR) is 112 cm³/mol. The van der Waals surface area contributed by atoms with E-state index in [0.717, 1.165) is 24.5 Å². The molecule has 27 heavy (non-hydrogen) atoms. The zero-order valence-electron chi connectivity index (χ0n) is 16.7. The van der Waals surface area contributed by atoms with Crippen molar-refractivity contribution in [2.45, 2.75) is 51.6 Å². The maximum Gasteiger partial charge on any atom is 0.191 e. The van der Waals surface area contributed by atoms with Crippen LogP contribution < -0.4 is 15.5 Å². The average Bonchev–Trinajstić information content (AvgIpc) is 2.93. The molecule has 1 aromatic heterocycles. The van der Waals surface area contributed by atoms with Gasteiger partial charge in [0, 0.05) is 45.2 Å². The van der Waals surface area contributed by atoms with Crippen molar-refractivity contribution in [3.8, 4) is 0 Å². The van der Waals surface area contributed by atoms with Gasteiger partial charge in [-0.05, 0) is 37.8 Å². The lowest BCUT2D eigenvalue weighted by atomic mass is 10.2. The van der Waals surface area contributed by atoms with Gasteiger partial charge < -0.3 is 15.5 Å². The number of aromatic nitrogens is 1. The number of pyridine rings is 1. The molecule has 2 rings (SSSR count). The van der Waals surface area contributed by atoms with E-state index in [4.69, 9.17) is 0 Å². The summed E-state index contributed by atoms with van der Waals surface area (Å²) in [6.07, 6.45) is 8.82. The van der Waals surface area contributed by atoms with Gasteiger partial charge in [-0.3, -0.25) is 4.99 Å². The molecule has 1 saturated heterocycles. The highest BCUT2D eigenvalue weighted by molar-refractivity contribution is 7.90. The summed E-state index contributed by atoms with van der Waals surface area (Å²) in [7, 11) is -1.24. The number of nitrogens with zero attached hydrogens (tertiary/aromatic N) is 3. The molecule has 0 saturated carbocycles. The summed E-state index contributed by atoms with van der Waals surface area (Å²) in [5.41, 5.74) is 1.08. The van der Waals surface area contributed by atoms with E-state index >= 15 is 0 Å². The summed E-state index contributed by atoms with van der Waals surface area (Å²) in [6.45, 7) is 4.75. The number of rotatable bonds is 7. The van der Waals surface area contributed by atoms with Gasteiger partial charge in [0.15, 0.2) is 5.96 Å². The standard InChI is InChI=1S/C19H33N5O2S/c1-16(10-13-27(3,25)26)23-19(20-2)22-15-17-8-9-18(21-14-17)24-11-6-4-5-7-12-24/h8-9,14,16H,4-7,10-13,15H2,1-3H3,(H2,20,22,23). The summed E-state index contributed by atoms with van der Waals surface area (Å²) >= 11 is 0. The van der Waals surface area contributed by atoms with Gasteiger partial charge in [-0.1, -0.05) is 18.9 Å². The predicted octanol–water partition coefficient (Wildman–Crippen LogP) is 1.95. The van der Waals surface area contributed by atoms with Crippen molar-refractivity contribution < 1.29 is 8.42 Å². The zero-order chi connectivity index (χ0) is 19.7. The molecule has 1 unspecified atom stereocenters. The van der Waals surface area contributed by atoms with Crippen LogP contribution in [0.5, 0.6) is 0 Å². The molecule has 0 radical (unpaired) electrons. The van der Waals surface area contributed by atoms with Crippen molar-refractivity contribution in [2.75, 3.05) is 37.0 Å². The van der Waals surface area contributed by atoms with E-state index in [0.29, 0.717) is 18.9 Å². The van der Waals surface area contributed by atoms with Crippen LogP contribution in [0.4, 0.5) is 5.82 Å². The van der Waals surface area contributed by atoms with E-state index in [1.165, 1.54) is 31.9 Å². The molecule has 0 aromatic carbocycles. The molecule has 1 fully saturated rings. The molecule has 2 N–H and O–H groups in total. The van der Waals surface area contributed by atoms with E-state index in [-0.39, 0.29) is 11.8 Å². The molecule has 0 aliphatic carbocycles. The van der Waals surface area contributed by atoms with Crippen LogP contribution in [0.25, 0.3) is 0 Å². The maximum absolute atomic E-state index is 11.3. The Morgan fingerprint density at radius 1 is 1.26 bits per heavy atom. The van der Waals surface area contributed by atoms with Gasteiger partial charge in [0.1, 0.15) is 15.7 Å². The van der Waals surface area contributed by atoms with Crippen molar-refractivity contribution in [1.29, 1.82) is 0 Å². The first-order chi connectivity index (χ1) is 12.9. The Labute approximate surface area is 163 Å². The molecule has 1 aliphatic heterocycles. The Balaban J connectivity index is 1.81. The first kappa shape index (κ1) is 21.5. The third kappa shape index (κ3) is 8.15. The maximum atomic E-state index is 11.3. The van der Waals surface area contributed by atoms with Crippen LogP contribution in [0.1, 0.15) is 44.6 Å². The molecule has 1 aromatic rings. The number of guanidine groups is 1. The smallest absolute Gasteiger partial charge is 0.191 e. The fraction of sp³-hybridized carbons (Fsp3) is 0.684. The molecule has 0 spiro atoms. The first-order valence-corrected chi connectivity index (χ1v) is 11.8. The lowest BCUT2D eigenvalue weighted by molar-refractivity contribution is 0.581. The number of nitrogens with one attached hydrogen (secondary N) is 2. The van der Waals surface area contributed by atoms with Crippen LogP contribution in [0.15, 0.2) is 23.3 Å². The highest BCUT2D eigenvalue weighted by Gasteiger charge is 2.12. The summed E-state index contributed by atoms with van der Waals surface area (Å²) in [5.74, 6) is 1.88. The fourth-order valence-electron chi connectivity index (χ4n) is 3.08. The highest BCUT2D eigenvalue weighted by Crippen LogP contribution is 2.17. The van der Waals surface area contributed by atoms with Crippen molar-refractivity contribution >= 4 is 21.6 Å². The summed E-state index contributed by atoms with van der Waals surface area (Å²) in [6, 6.07) is 4.21. The second-order valence-electron chi connectivity index (χ2n) is 7.32. The number of hydrogen-bond donors (Lipinski definition) is 2. The van der Waals surface area contributed by atoms with E-state index in [1.54, 1.807) is 7.05 Å². The molecule has 8 heteroatoms. The van der Waals surface area contributed by atoms with Crippen molar-refractivity contribution in [3.63, 3.8) is 0 Å². The third-order valence-electron chi connectivity index (χ3n) is 4.73. The van der Waals surface area contributed by atoms with Gasteiger partial charge in [0.25, 0.3) is 0 Å². The average molecular weight is 396 g/mol. The Hall–Kier alpha value is -1.83. The van der Waals surface area contributed by atoms with Gasteiger partial charge >= 0.3 is 0 Å². The van der Waals surface area contributed by atoms with Crippen LogP contribution in [0.3, 0.4) is 0 Å². The van der Waals surface area contributed by atoms with Crippen molar-refractivity contribution in [3.05, 3.63) is 23.9 Å². The SMILES string of the molecule is CN=C(NCc1ccc(N2CCCCCC2)nc1)NC(C)CCS(C)(=O)=O. The lowest BCUT2D eigenvalue weighted by Crippen LogP contribution is -2.42.